The van der Waals surface area contributed by atoms with Gasteiger partial charge in [-0.25, -0.2) is 4.63 Å². The van der Waals surface area contributed by atoms with Gasteiger partial charge in [-0.3, -0.25) is 14.4 Å². The summed E-state index contributed by atoms with van der Waals surface area (Å²) in [6.45, 7) is 1.91. The van der Waals surface area contributed by atoms with Gasteiger partial charge in [-0.05, 0) is 25.8 Å². The van der Waals surface area contributed by atoms with E-state index in [1.807, 2.05) is 0 Å². The van der Waals surface area contributed by atoms with Crippen molar-refractivity contribution >= 4 is 11.8 Å². The second kappa shape index (κ2) is 7.70. The Morgan fingerprint density at radius 1 is 1.37 bits per heavy atom. The Labute approximate surface area is 154 Å². The summed E-state index contributed by atoms with van der Waals surface area (Å²) >= 11 is 0. The van der Waals surface area contributed by atoms with Crippen LogP contribution in [0.5, 0.6) is 0 Å². The molecule has 3 N–H and O–H groups in total. The summed E-state index contributed by atoms with van der Waals surface area (Å²) in [5.41, 5.74) is 1.05. The number of rotatable bonds is 5. The maximum atomic E-state index is 12.3. The van der Waals surface area contributed by atoms with E-state index in [1.165, 1.54) is 22.9 Å². The fraction of sp³-hybridized carbons (Fsp3) is 0.471. The lowest BCUT2D eigenvalue weighted by Gasteiger charge is -2.16. The van der Waals surface area contributed by atoms with Crippen molar-refractivity contribution in [2.24, 2.45) is 13.0 Å². The third kappa shape index (κ3) is 4.22. The Bertz CT molecular complexity index is 905. The highest BCUT2D eigenvalue weighted by molar-refractivity contribution is 5.94. The molecule has 10 nitrogen and oxygen atoms in total. The minimum absolute atomic E-state index is 0.186. The molecule has 0 aliphatic heterocycles. The van der Waals surface area contributed by atoms with Crippen LogP contribution in [0.3, 0.4) is 0 Å². The van der Waals surface area contributed by atoms with Crippen LogP contribution in [0.2, 0.25) is 0 Å². The van der Waals surface area contributed by atoms with Crippen LogP contribution < -0.4 is 16.2 Å². The molecule has 1 fully saturated rings. The molecule has 3 rings (SSSR count). The number of amides is 2. The summed E-state index contributed by atoms with van der Waals surface area (Å²) in [4.78, 5) is 36.3. The quantitative estimate of drug-likeness (QED) is 0.625. The van der Waals surface area contributed by atoms with Crippen molar-refractivity contribution in [3.8, 4) is 0 Å². The summed E-state index contributed by atoms with van der Waals surface area (Å²) in [6, 6.07) is 2.19. The van der Waals surface area contributed by atoms with E-state index in [1.54, 1.807) is 14.0 Å². The van der Waals surface area contributed by atoms with Crippen LogP contribution in [0.25, 0.3) is 0 Å². The normalized spacial score (nSPS) is 21.8. The van der Waals surface area contributed by atoms with Crippen molar-refractivity contribution in [1.29, 1.82) is 0 Å². The van der Waals surface area contributed by atoms with Crippen LogP contribution >= 0.6 is 0 Å². The van der Waals surface area contributed by atoms with Crippen LogP contribution in [0.4, 0.5) is 0 Å². The van der Waals surface area contributed by atoms with Crippen molar-refractivity contribution in [3.63, 3.8) is 0 Å². The van der Waals surface area contributed by atoms with Gasteiger partial charge in [0.1, 0.15) is 11.4 Å². The number of nitrogens with one attached hydrogen (secondary N) is 2. The molecule has 10 heteroatoms. The summed E-state index contributed by atoms with van der Waals surface area (Å²) in [7, 11) is 1.59. The van der Waals surface area contributed by atoms with Gasteiger partial charge in [0.15, 0.2) is 0 Å². The third-order valence-electron chi connectivity index (χ3n) is 4.76. The highest BCUT2D eigenvalue weighted by Crippen LogP contribution is 2.26. The second-order valence-corrected chi connectivity index (χ2v) is 6.69. The molecule has 0 spiro atoms. The van der Waals surface area contributed by atoms with Crippen molar-refractivity contribution < 1.29 is 19.3 Å². The number of aromatic nitrogens is 3. The minimum atomic E-state index is -0.841. The summed E-state index contributed by atoms with van der Waals surface area (Å²) in [5.74, 6) is -1.13. The average molecular weight is 375 g/mol. The summed E-state index contributed by atoms with van der Waals surface area (Å²) < 4.78 is 5.93. The Morgan fingerprint density at radius 2 is 2.15 bits per heavy atom. The first-order chi connectivity index (χ1) is 12.8. The molecule has 0 aromatic carbocycles. The van der Waals surface area contributed by atoms with E-state index in [4.69, 9.17) is 0 Å². The predicted molar refractivity (Wildman–Crippen MR) is 92.5 cm³/mol. The number of aliphatic hydroxyl groups is 1. The highest BCUT2D eigenvalue weighted by Gasteiger charge is 2.37. The molecule has 2 amide bonds. The molecule has 2 heterocycles. The Kier molecular flexibility index (Phi) is 5.36. The van der Waals surface area contributed by atoms with Gasteiger partial charge in [-0.1, -0.05) is 10.3 Å². The van der Waals surface area contributed by atoms with Crippen molar-refractivity contribution in [1.82, 2.24) is 25.5 Å². The topological polar surface area (TPSA) is 139 Å². The van der Waals surface area contributed by atoms with Crippen LogP contribution in [0, 0.1) is 12.8 Å². The molecule has 2 aromatic heterocycles. The maximum Gasteiger partial charge on any atom is 0.251 e. The monoisotopic (exact) mass is 375 g/mol. The number of carbonyl (C=O) groups excluding carboxylic acids is 2. The number of aliphatic hydroxyl groups excluding tert-OH is 1. The third-order valence-corrected chi connectivity index (χ3v) is 4.76. The first kappa shape index (κ1) is 18.8. The maximum absolute atomic E-state index is 12.3. The number of pyridine rings is 1. The molecule has 2 aromatic rings. The van der Waals surface area contributed by atoms with E-state index in [-0.39, 0.29) is 30.0 Å². The smallest absolute Gasteiger partial charge is 0.251 e. The Hall–Kier alpha value is -3.01. The van der Waals surface area contributed by atoms with E-state index in [0.29, 0.717) is 17.8 Å². The molecule has 1 saturated carbocycles. The molecule has 0 unspecified atom stereocenters. The molecule has 144 valence electrons. The lowest BCUT2D eigenvalue weighted by molar-refractivity contribution is -0.125. The Balaban J connectivity index is 1.56. The highest BCUT2D eigenvalue weighted by atomic mass is 16.6. The van der Waals surface area contributed by atoms with Crippen molar-refractivity contribution in [3.05, 3.63) is 45.6 Å². The van der Waals surface area contributed by atoms with Crippen LogP contribution in [-0.2, 0) is 18.4 Å². The van der Waals surface area contributed by atoms with Crippen LogP contribution in [0.1, 0.15) is 34.6 Å². The van der Waals surface area contributed by atoms with E-state index >= 15 is 0 Å². The first-order valence-electron chi connectivity index (χ1n) is 8.56. The van der Waals surface area contributed by atoms with E-state index in [2.05, 4.69) is 25.6 Å². The number of carbonyl (C=O) groups is 2. The molecule has 1 aliphatic rings. The van der Waals surface area contributed by atoms with Gasteiger partial charge >= 0.3 is 0 Å². The van der Waals surface area contributed by atoms with E-state index in [9.17, 15) is 19.5 Å². The SMILES string of the molecule is Cc1nonc1CNC(=O)[C@H]1C[C@H](NC(=O)c2ccn(C)c(=O)c2)[C@@H](O)C1. The van der Waals surface area contributed by atoms with Crippen molar-refractivity contribution in [2.45, 2.75) is 38.5 Å². The summed E-state index contributed by atoms with van der Waals surface area (Å²) in [6.07, 6.45) is 1.20. The molecule has 3 atom stereocenters. The second-order valence-electron chi connectivity index (χ2n) is 6.69. The van der Waals surface area contributed by atoms with Crippen LogP contribution in [-0.4, -0.2) is 43.9 Å². The van der Waals surface area contributed by atoms with Gasteiger partial charge in [0.2, 0.25) is 5.91 Å². The van der Waals surface area contributed by atoms with E-state index < -0.39 is 24.0 Å². The first-order valence-corrected chi connectivity index (χ1v) is 8.56. The molecule has 0 saturated heterocycles. The zero-order chi connectivity index (χ0) is 19.6. The number of aryl methyl sites for hydroxylation is 2. The number of hydrogen-bond acceptors (Lipinski definition) is 7. The van der Waals surface area contributed by atoms with Gasteiger partial charge in [0, 0.05) is 30.8 Å². The molecule has 1 aliphatic carbocycles. The van der Waals surface area contributed by atoms with Gasteiger partial charge in [-0.2, -0.15) is 0 Å². The van der Waals surface area contributed by atoms with Crippen molar-refractivity contribution in [2.75, 3.05) is 0 Å². The standard InChI is InChI=1S/C17H21N5O5/c1-9-13(21-27-20-9)8-18-16(25)11-5-12(14(23)6-11)19-17(26)10-3-4-22(2)15(24)7-10/h3-4,7,11-12,14,23H,5-6,8H2,1-2H3,(H,18,25)(H,19,26)/t11-,12-,14-/m0/s1. The van der Waals surface area contributed by atoms with Gasteiger partial charge < -0.3 is 20.3 Å². The summed E-state index contributed by atoms with van der Waals surface area (Å²) in [5, 5.41) is 23.0. The molecular weight excluding hydrogens is 354 g/mol. The lowest BCUT2D eigenvalue weighted by atomic mass is 10.1. The van der Waals surface area contributed by atoms with Gasteiger partial charge in [-0.15, -0.1) is 0 Å². The number of nitrogens with zero attached hydrogens (tertiary/aromatic N) is 3. The fourth-order valence-electron chi connectivity index (χ4n) is 3.05. The largest absolute Gasteiger partial charge is 0.391 e. The average Bonchev–Trinajstić information content (AvgIpc) is 3.21. The van der Waals surface area contributed by atoms with E-state index in [0.717, 1.165) is 0 Å². The predicted octanol–water partition coefficient (Wildman–Crippen LogP) is -0.738. The molecule has 27 heavy (non-hydrogen) atoms. The molecule has 0 radical (unpaired) electrons. The van der Waals surface area contributed by atoms with Crippen LogP contribution in [0.15, 0.2) is 27.8 Å². The Morgan fingerprint density at radius 3 is 2.81 bits per heavy atom. The van der Waals surface area contributed by atoms with Gasteiger partial charge in [0.05, 0.1) is 18.7 Å². The zero-order valence-electron chi connectivity index (χ0n) is 15.0. The lowest BCUT2D eigenvalue weighted by Crippen LogP contribution is -2.40. The number of hydrogen-bond donors (Lipinski definition) is 3. The molecule has 0 bridgehead atoms. The fourth-order valence-corrected chi connectivity index (χ4v) is 3.05. The zero-order valence-corrected chi connectivity index (χ0v) is 15.0. The molecular formula is C17H21N5O5. The van der Waals surface area contributed by atoms with Gasteiger partial charge in [0.25, 0.3) is 11.5 Å². The minimum Gasteiger partial charge on any atom is -0.391 e.